The van der Waals surface area contributed by atoms with Crippen molar-refractivity contribution in [3.05, 3.63) is 82.6 Å². The van der Waals surface area contributed by atoms with Crippen LogP contribution in [0.1, 0.15) is 42.4 Å². The minimum atomic E-state index is -0.0736. The van der Waals surface area contributed by atoms with Crippen molar-refractivity contribution in [1.82, 2.24) is 4.90 Å². The molecule has 33 heavy (non-hydrogen) atoms. The van der Waals surface area contributed by atoms with Gasteiger partial charge in [-0.15, -0.1) is 0 Å². The number of likely N-dealkylation sites (tertiary alicyclic amines) is 1. The number of ether oxygens (including phenoxy) is 3. The van der Waals surface area contributed by atoms with E-state index in [0.717, 1.165) is 54.5 Å². The molecular formula is C29H33NO3. The Morgan fingerprint density at radius 3 is 2.61 bits per heavy atom. The molecule has 1 saturated heterocycles. The topological polar surface area (TPSA) is 30.9 Å². The molecule has 4 nitrogen and oxygen atoms in total. The van der Waals surface area contributed by atoms with E-state index in [1.165, 1.54) is 30.5 Å². The van der Waals surface area contributed by atoms with Gasteiger partial charge in [-0.25, -0.2) is 0 Å². The average molecular weight is 444 g/mol. The second-order valence-corrected chi connectivity index (χ2v) is 10.0. The number of methoxy groups -OCH3 is 2. The van der Waals surface area contributed by atoms with Crippen molar-refractivity contribution in [3.63, 3.8) is 0 Å². The van der Waals surface area contributed by atoms with Crippen molar-refractivity contribution in [2.45, 2.75) is 50.2 Å². The summed E-state index contributed by atoms with van der Waals surface area (Å²) in [6, 6.07) is 15.2. The fraction of sp³-hybridized carbons (Fsp3) is 0.448. The third-order valence-corrected chi connectivity index (χ3v) is 8.10. The lowest BCUT2D eigenvalue weighted by Crippen LogP contribution is -2.56. The van der Waals surface area contributed by atoms with E-state index in [0.29, 0.717) is 12.6 Å². The molecule has 4 heteroatoms. The second kappa shape index (κ2) is 8.25. The molecule has 4 aliphatic rings. The first kappa shape index (κ1) is 20.9. The van der Waals surface area contributed by atoms with Crippen LogP contribution in [0.25, 0.3) is 0 Å². The fourth-order valence-corrected chi connectivity index (χ4v) is 6.30. The van der Waals surface area contributed by atoms with Gasteiger partial charge in [0.05, 0.1) is 20.0 Å². The molecule has 2 fully saturated rings. The van der Waals surface area contributed by atoms with Crippen molar-refractivity contribution < 1.29 is 14.2 Å². The van der Waals surface area contributed by atoms with Gasteiger partial charge < -0.3 is 14.2 Å². The van der Waals surface area contributed by atoms with Crippen molar-refractivity contribution in [3.8, 4) is 11.5 Å². The zero-order valence-electron chi connectivity index (χ0n) is 19.7. The Bertz CT molecular complexity index is 1100. The van der Waals surface area contributed by atoms with Crippen LogP contribution in [0.15, 0.2) is 65.9 Å². The van der Waals surface area contributed by atoms with Crippen molar-refractivity contribution in [1.29, 1.82) is 0 Å². The van der Waals surface area contributed by atoms with Crippen molar-refractivity contribution in [2.24, 2.45) is 5.92 Å². The third-order valence-electron chi connectivity index (χ3n) is 8.10. The highest BCUT2D eigenvalue weighted by atomic mass is 16.5. The monoisotopic (exact) mass is 443 g/mol. The summed E-state index contributed by atoms with van der Waals surface area (Å²) in [6.07, 6.45) is 10.4. The van der Waals surface area contributed by atoms with Gasteiger partial charge in [0, 0.05) is 30.0 Å². The lowest BCUT2D eigenvalue weighted by atomic mass is 9.57. The molecule has 0 unspecified atom stereocenters. The maximum absolute atomic E-state index is 6.33. The Kier molecular flexibility index (Phi) is 5.21. The predicted octanol–water partition coefficient (Wildman–Crippen LogP) is 5.41. The molecule has 2 atom stereocenters. The van der Waals surface area contributed by atoms with Crippen LogP contribution in [0.2, 0.25) is 0 Å². The van der Waals surface area contributed by atoms with E-state index in [-0.39, 0.29) is 5.41 Å². The summed E-state index contributed by atoms with van der Waals surface area (Å²) < 4.78 is 18.2. The maximum atomic E-state index is 6.33. The first-order chi connectivity index (χ1) is 16.2. The number of fused-ring (bicyclic) bond motifs is 1. The van der Waals surface area contributed by atoms with Gasteiger partial charge in [-0.3, -0.25) is 4.90 Å². The number of hydrogen-bond acceptors (Lipinski definition) is 4. The highest BCUT2D eigenvalue weighted by molar-refractivity contribution is 5.63. The van der Waals surface area contributed by atoms with E-state index in [9.17, 15) is 0 Å². The molecule has 1 aliphatic heterocycles. The highest BCUT2D eigenvalue weighted by Crippen LogP contribution is 2.58. The highest BCUT2D eigenvalue weighted by Gasteiger charge is 2.53. The van der Waals surface area contributed by atoms with E-state index in [4.69, 9.17) is 14.2 Å². The van der Waals surface area contributed by atoms with Crippen LogP contribution >= 0.6 is 0 Å². The molecule has 172 valence electrons. The largest absolute Gasteiger partial charge is 0.501 e. The molecule has 0 amide bonds. The number of nitrogens with zero attached hydrogens (tertiary/aromatic N) is 1. The Balaban J connectivity index is 1.41. The van der Waals surface area contributed by atoms with E-state index >= 15 is 0 Å². The molecule has 3 aliphatic carbocycles. The quantitative estimate of drug-likeness (QED) is 0.572. The van der Waals surface area contributed by atoms with E-state index in [2.05, 4.69) is 53.5 Å². The number of benzene rings is 2. The molecule has 0 radical (unpaired) electrons. The average Bonchev–Trinajstić information content (AvgIpc) is 3.68. The summed E-state index contributed by atoms with van der Waals surface area (Å²) in [5.74, 6) is 3.69. The second-order valence-electron chi connectivity index (χ2n) is 10.0. The van der Waals surface area contributed by atoms with Crippen LogP contribution in [-0.4, -0.2) is 38.3 Å². The Labute approximate surface area is 196 Å². The predicted molar refractivity (Wildman–Crippen MR) is 130 cm³/mol. The molecule has 0 N–H and O–H groups in total. The van der Waals surface area contributed by atoms with Crippen LogP contribution in [0.5, 0.6) is 11.5 Å². The summed E-state index contributed by atoms with van der Waals surface area (Å²) in [6.45, 7) is 2.91. The molecule has 0 spiro atoms. The zero-order valence-corrected chi connectivity index (χ0v) is 19.7. The summed E-state index contributed by atoms with van der Waals surface area (Å²) >= 11 is 0. The lowest BCUT2D eigenvalue weighted by Gasteiger charge is -2.55. The van der Waals surface area contributed by atoms with E-state index in [1.54, 1.807) is 19.8 Å². The molecular weight excluding hydrogens is 410 g/mol. The smallest absolute Gasteiger partial charge is 0.165 e. The van der Waals surface area contributed by atoms with E-state index in [1.807, 2.05) is 6.07 Å². The van der Waals surface area contributed by atoms with Gasteiger partial charge in [-0.1, -0.05) is 42.5 Å². The Morgan fingerprint density at radius 1 is 1.00 bits per heavy atom. The molecule has 2 aromatic rings. The molecule has 1 saturated carbocycles. The number of allylic oxidation sites excluding steroid dienone is 3. The maximum Gasteiger partial charge on any atom is 0.165 e. The summed E-state index contributed by atoms with van der Waals surface area (Å²) in [5, 5.41) is 0. The summed E-state index contributed by atoms with van der Waals surface area (Å²) in [7, 11) is 3.58. The van der Waals surface area contributed by atoms with Gasteiger partial charge in [0.1, 0.15) is 6.61 Å². The number of rotatable bonds is 7. The van der Waals surface area contributed by atoms with Crippen LogP contribution < -0.4 is 9.47 Å². The first-order valence-corrected chi connectivity index (χ1v) is 12.3. The molecule has 2 bridgehead atoms. The van der Waals surface area contributed by atoms with Crippen molar-refractivity contribution >= 4 is 0 Å². The SMILES string of the molecule is COC1=CC=C2[C@@H]3Cc4ccc(OCc5ccccc5)c(OC)c4[C@]2(CCN3CC2CC2)C1. The first-order valence-electron chi connectivity index (χ1n) is 12.3. The minimum absolute atomic E-state index is 0.0736. The van der Waals surface area contributed by atoms with E-state index < -0.39 is 0 Å². The fourth-order valence-electron chi connectivity index (χ4n) is 6.30. The van der Waals surface area contributed by atoms with Crippen molar-refractivity contribution in [2.75, 3.05) is 27.3 Å². The summed E-state index contributed by atoms with van der Waals surface area (Å²) in [4.78, 5) is 2.75. The minimum Gasteiger partial charge on any atom is -0.501 e. The van der Waals surface area contributed by atoms with Gasteiger partial charge in [-0.05, 0) is 67.0 Å². The van der Waals surface area contributed by atoms with Crippen LogP contribution in [0.4, 0.5) is 0 Å². The molecule has 1 heterocycles. The molecule has 6 rings (SSSR count). The Hall–Kier alpha value is -2.72. The van der Waals surface area contributed by atoms with Gasteiger partial charge in [-0.2, -0.15) is 0 Å². The van der Waals surface area contributed by atoms with Crippen LogP contribution in [0.3, 0.4) is 0 Å². The zero-order chi connectivity index (χ0) is 22.4. The van der Waals surface area contributed by atoms with Crippen LogP contribution in [-0.2, 0) is 23.2 Å². The van der Waals surface area contributed by atoms with Crippen LogP contribution in [0, 0.1) is 5.92 Å². The molecule has 2 aromatic carbocycles. The summed E-state index contributed by atoms with van der Waals surface area (Å²) in [5.41, 5.74) is 5.36. The van der Waals surface area contributed by atoms with Gasteiger partial charge in [0.25, 0.3) is 0 Å². The number of hydrogen-bond donors (Lipinski definition) is 0. The number of piperidine rings is 1. The molecule has 0 aromatic heterocycles. The third kappa shape index (κ3) is 3.56. The lowest BCUT2D eigenvalue weighted by molar-refractivity contribution is 0.117. The standard InChI is InChI=1S/C29H33NO3/c1-31-23-11-12-24-25-16-22-10-13-26(33-19-21-6-4-3-5-7-21)28(32-2)27(22)29(24,17-23)14-15-30(25)18-20-8-9-20/h3-7,10-13,20,25H,8-9,14-19H2,1-2H3/t25-,29+/m0/s1. The Morgan fingerprint density at radius 2 is 1.85 bits per heavy atom. The normalized spacial score (nSPS) is 25.9. The van der Waals surface area contributed by atoms with Gasteiger partial charge in [0.2, 0.25) is 0 Å². The van der Waals surface area contributed by atoms with Gasteiger partial charge >= 0.3 is 0 Å². The van der Waals surface area contributed by atoms with Gasteiger partial charge in [0.15, 0.2) is 11.5 Å².